The van der Waals surface area contributed by atoms with Crippen molar-refractivity contribution in [3.8, 4) is 0 Å². The fraction of sp³-hybridized carbons (Fsp3) is 0.800. The Morgan fingerprint density at radius 3 is 1.58 bits per heavy atom. The van der Waals surface area contributed by atoms with Crippen molar-refractivity contribution in [3.05, 3.63) is 0 Å². The number of ether oxygens (including phenoxy) is 2. The van der Waals surface area contributed by atoms with Gasteiger partial charge in [0.25, 0.3) is 12.9 Å². The summed E-state index contributed by atoms with van der Waals surface area (Å²) < 4.78 is 54.9. The van der Waals surface area contributed by atoms with E-state index in [1.54, 1.807) is 0 Å². The van der Waals surface area contributed by atoms with Gasteiger partial charge in [0.1, 0.15) is 0 Å². The predicted octanol–water partition coefficient (Wildman–Crippen LogP) is 1.42. The molecule has 2 unspecified atom stereocenters. The molecule has 1 aliphatic heterocycles. The third-order valence-electron chi connectivity index (χ3n) is 1.29. The Labute approximate surface area is 64.2 Å². The fourth-order valence-electron chi connectivity index (χ4n) is 0.774. The standard InChI is InChI=1S/C5H4F4O3/c6-3(7)1-2(4(8)9)12-5(10)11-1/h1-4H. The maximum Gasteiger partial charge on any atom is 0.509 e. The molecule has 70 valence electrons. The number of carbonyl (C=O) groups excluding carboxylic acids is 1. The normalized spacial score (nSPS) is 29.3. The van der Waals surface area contributed by atoms with Crippen molar-refractivity contribution in [3.63, 3.8) is 0 Å². The van der Waals surface area contributed by atoms with Gasteiger partial charge in [-0.25, -0.2) is 22.4 Å². The smallest absolute Gasteiger partial charge is 0.421 e. The molecule has 0 spiro atoms. The largest absolute Gasteiger partial charge is 0.509 e. The molecule has 0 N–H and O–H groups in total. The summed E-state index contributed by atoms with van der Waals surface area (Å²) in [5.74, 6) is 0. The molecule has 0 aliphatic carbocycles. The Morgan fingerprint density at radius 1 is 1.00 bits per heavy atom. The number of rotatable bonds is 2. The summed E-state index contributed by atoms with van der Waals surface area (Å²) in [4.78, 5) is 10.2. The second kappa shape index (κ2) is 3.16. The summed E-state index contributed by atoms with van der Waals surface area (Å²) in [6.45, 7) is 0. The number of hydrogen-bond donors (Lipinski definition) is 0. The van der Waals surface area contributed by atoms with E-state index in [4.69, 9.17) is 0 Å². The van der Waals surface area contributed by atoms with Crippen LogP contribution in [0.3, 0.4) is 0 Å². The minimum Gasteiger partial charge on any atom is -0.421 e. The maximum atomic E-state index is 11.8. The highest BCUT2D eigenvalue weighted by atomic mass is 19.3. The van der Waals surface area contributed by atoms with E-state index in [0.29, 0.717) is 0 Å². The van der Waals surface area contributed by atoms with E-state index >= 15 is 0 Å². The summed E-state index contributed by atoms with van der Waals surface area (Å²) in [7, 11) is 0. The quantitative estimate of drug-likeness (QED) is 0.485. The third kappa shape index (κ3) is 1.59. The molecule has 0 radical (unpaired) electrons. The Balaban J connectivity index is 2.65. The molecule has 0 aromatic carbocycles. The predicted molar refractivity (Wildman–Crippen MR) is 27.1 cm³/mol. The molecular formula is C5H4F4O3. The molecule has 3 nitrogen and oxygen atoms in total. The molecule has 1 fully saturated rings. The molecule has 1 rings (SSSR count). The van der Waals surface area contributed by atoms with Crippen molar-refractivity contribution < 1.29 is 31.8 Å². The topological polar surface area (TPSA) is 35.5 Å². The summed E-state index contributed by atoms with van der Waals surface area (Å²) in [6, 6.07) is 0. The second-order valence-corrected chi connectivity index (χ2v) is 2.08. The van der Waals surface area contributed by atoms with E-state index < -0.39 is 31.2 Å². The van der Waals surface area contributed by atoms with Gasteiger partial charge in [0, 0.05) is 0 Å². The molecule has 0 saturated carbocycles. The lowest BCUT2D eigenvalue weighted by Crippen LogP contribution is -2.35. The van der Waals surface area contributed by atoms with Gasteiger partial charge in [0.2, 0.25) is 12.2 Å². The zero-order valence-corrected chi connectivity index (χ0v) is 5.55. The van der Waals surface area contributed by atoms with Crippen LogP contribution in [0.15, 0.2) is 0 Å². The highest BCUT2D eigenvalue weighted by Gasteiger charge is 2.48. The Hall–Kier alpha value is -1.01. The Bertz CT molecular complexity index is 166. The lowest BCUT2D eigenvalue weighted by Gasteiger charge is -2.12. The molecule has 12 heavy (non-hydrogen) atoms. The van der Waals surface area contributed by atoms with Crippen LogP contribution in [-0.2, 0) is 9.47 Å². The molecular weight excluding hydrogens is 184 g/mol. The van der Waals surface area contributed by atoms with Gasteiger partial charge in [-0.15, -0.1) is 0 Å². The van der Waals surface area contributed by atoms with Gasteiger partial charge in [0.05, 0.1) is 0 Å². The van der Waals surface area contributed by atoms with E-state index in [1.165, 1.54) is 0 Å². The molecule has 0 amide bonds. The van der Waals surface area contributed by atoms with Gasteiger partial charge in [-0.05, 0) is 0 Å². The van der Waals surface area contributed by atoms with E-state index in [0.717, 1.165) is 0 Å². The van der Waals surface area contributed by atoms with E-state index in [9.17, 15) is 22.4 Å². The van der Waals surface area contributed by atoms with E-state index in [1.807, 2.05) is 0 Å². The number of cyclic esters (lactones) is 2. The van der Waals surface area contributed by atoms with Gasteiger partial charge in [0.15, 0.2) is 0 Å². The van der Waals surface area contributed by atoms with Crippen LogP contribution < -0.4 is 0 Å². The number of alkyl halides is 4. The lowest BCUT2D eigenvalue weighted by molar-refractivity contribution is -0.0615. The van der Waals surface area contributed by atoms with Crippen LogP contribution in [0.5, 0.6) is 0 Å². The molecule has 0 aromatic rings. The highest BCUT2D eigenvalue weighted by molar-refractivity contribution is 5.62. The molecule has 1 saturated heterocycles. The first-order valence-corrected chi connectivity index (χ1v) is 2.96. The number of carbonyl (C=O) groups is 1. The van der Waals surface area contributed by atoms with Crippen LogP contribution in [0.25, 0.3) is 0 Å². The third-order valence-corrected chi connectivity index (χ3v) is 1.29. The van der Waals surface area contributed by atoms with Gasteiger partial charge < -0.3 is 9.47 Å². The van der Waals surface area contributed by atoms with Crippen LogP contribution >= 0.6 is 0 Å². The molecule has 0 aromatic heterocycles. The van der Waals surface area contributed by atoms with E-state index in [2.05, 4.69) is 9.47 Å². The highest BCUT2D eigenvalue weighted by Crippen LogP contribution is 2.25. The van der Waals surface area contributed by atoms with Crippen molar-refractivity contribution in [2.75, 3.05) is 0 Å². The zero-order valence-electron chi connectivity index (χ0n) is 5.55. The zero-order chi connectivity index (χ0) is 9.30. The van der Waals surface area contributed by atoms with E-state index in [-0.39, 0.29) is 0 Å². The van der Waals surface area contributed by atoms with Crippen molar-refractivity contribution >= 4 is 6.16 Å². The summed E-state index contributed by atoms with van der Waals surface area (Å²) in [5.41, 5.74) is 0. The Kier molecular flexibility index (Phi) is 2.39. The fourth-order valence-corrected chi connectivity index (χ4v) is 0.774. The minimum absolute atomic E-state index is 1.48. The first-order valence-electron chi connectivity index (χ1n) is 2.96. The molecule has 1 heterocycles. The van der Waals surface area contributed by atoms with Gasteiger partial charge >= 0.3 is 6.16 Å². The van der Waals surface area contributed by atoms with Crippen LogP contribution in [0.1, 0.15) is 0 Å². The van der Waals surface area contributed by atoms with Crippen LogP contribution in [-0.4, -0.2) is 31.2 Å². The van der Waals surface area contributed by atoms with Crippen molar-refractivity contribution in [2.24, 2.45) is 0 Å². The second-order valence-electron chi connectivity index (χ2n) is 2.08. The molecule has 1 aliphatic rings. The molecule has 2 atom stereocenters. The van der Waals surface area contributed by atoms with Crippen molar-refractivity contribution in [1.82, 2.24) is 0 Å². The van der Waals surface area contributed by atoms with Crippen LogP contribution in [0.4, 0.5) is 22.4 Å². The number of halogens is 4. The summed E-state index contributed by atoms with van der Waals surface area (Å²) in [6.07, 6.45) is -12.1. The van der Waals surface area contributed by atoms with Crippen molar-refractivity contribution in [1.29, 1.82) is 0 Å². The first kappa shape index (κ1) is 9.08. The SMILES string of the molecule is O=C1OC(C(F)F)C(C(F)F)O1. The maximum absolute atomic E-state index is 11.8. The average molecular weight is 188 g/mol. The van der Waals surface area contributed by atoms with Crippen molar-refractivity contribution in [2.45, 2.75) is 25.1 Å². The lowest BCUT2D eigenvalue weighted by atomic mass is 10.2. The van der Waals surface area contributed by atoms with Crippen LogP contribution in [0.2, 0.25) is 0 Å². The summed E-state index contributed by atoms with van der Waals surface area (Å²) in [5, 5.41) is 0. The Morgan fingerprint density at radius 2 is 1.33 bits per heavy atom. The summed E-state index contributed by atoms with van der Waals surface area (Å²) >= 11 is 0. The number of hydrogen-bond acceptors (Lipinski definition) is 3. The van der Waals surface area contributed by atoms with Gasteiger partial charge in [-0.2, -0.15) is 0 Å². The monoisotopic (exact) mass is 188 g/mol. The average Bonchev–Trinajstić information content (AvgIpc) is 2.31. The minimum atomic E-state index is -3.16. The molecule has 7 heteroatoms. The van der Waals surface area contributed by atoms with Gasteiger partial charge in [-0.3, -0.25) is 0 Å². The van der Waals surface area contributed by atoms with Crippen LogP contribution in [0, 0.1) is 0 Å². The first-order chi connectivity index (χ1) is 5.52. The van der Waals surface area contributed by atoms with Gasteiger partial charge in [-0.1, -0.05) is 0 Å². The molecule has 0 bridgehead atoms.